The van der Waals surface area contributed by atoms with Crippen LogP contribution < -0.4 is 0 Å². The van der Waals surface area contributed by atoms with E-state index in [1.54, 1.807) is 0 Å². The molecule has 0 unspecified atom stereocenters. The van der Waals surface area contributed by atoms with Crippen LogP contribution in [0.2, 0.25) is 0 Å². The first kappa shape index (κ1) is 20.3. The van der Waals surface area contributed by atoms with Gasteiger partial charge in [0.2, 0.25) is 0 Å². The number of hydrogen-bond acceptors (Lipinski definition) is 0. The minimum Gasteiger partial charge on any atom is -0.0885 e. The molecule has 0 saturated carbocycles. The molecule has 0 heterocycles. The molecule has 1 aliphatic carbocycles. The lowest BCUT2D eigenvalue weighted by Gasteiger charge is -1.97. The van der Waals surface area contributed by atoms with Crippen molar-refractivity contribution in [2.45, 2.75) is 73.6 Å². The van der Waals surface area contributed by atoms with Crippen molar-refractivity contribution in [3.05, 3.63) is 47.5 Å². The first-order chi connectivity index (χ1) is 9.20. The summed E-state index contributed by atoms with van der Waals surface area (Å²) in [6, 6.07) is 8.45. The van der Waals surface area contributed by atoms with Gasteiger partial charge in [-0.15, -0.1) is 0 Å². The minimum atomic E-state index is 1.25. The molecule has 0 spiro atoms. The van der Waals surface area contributed by atoms with Gasteiger partial charge in [-0.05, 0) is 39.5 Å². The summed E-state index contributed by atoms with van der Waals surface area (Å²) in [4.78, 5) is 0. The largest absolute Gasteiger partial charge is 0.0885 e. The highest BCUT2D eigenvalue weighted by Crippen LogP contribution is 2.07. The van der Waals surface area contributed by atoms with Gasteiger partial charge in [0.15, 0.2) is 0 Å². The van der Waals surface area contributed by atoms with Crippen LogP contribution in [0.25, 0.3) is 0 Å². The van der Waals surface area contributed by atoms with Gasteiger partial charge in [0, 0.05) is 0 Å². The zero-order valence-electron chi connectivity index (χ0n) is 14.0. The molecule has 0 aliphatic heterocycles. The Balaban J connectivity index is 0. The fourth-order valence-electron chi connectivity index (χ4n) is 1.57. The maximum absolute atomic E-state index is 2.27. The van der Waals surface area contributed by atoms with Gasteiger partial charge < -0.3 is 0 Å². The molecule has 0 atom stereocenters. The highest BCUT2D eigenvalue weighted by atomic mass is 13.9. The van der Waals surface area contributed by atoms with Crippen molar-refractivity contribution in [1.82, 2.24) is 0 Å². The molecule has 0 nitrogen and oxygen atoms in total. The van der Waals surface area contributed by atoms with Gasteiger partial charge >= 0.3 is 0 Å². The molecule has 0 N–H and O–H groups in total. The van der Waals surface area contributed by atoms with Gasteiger partial charge in [-0.25, -0.2) is 0 Å². The van der Waals surface area contributed by atoms with Crippen LogP contribution in [0.3, 0.4) is 0 Å². The molecule has 0 amide bonds. The predicted molar refractivity (Wildman–Crippen MR) is 90.8 cm³/mol. The summed E-state index contributed by atoms with van der Waals surface area (Å²) in [5, 5.41) is 0. The lowest BCUT2D eigenvalue weighted by molar-refractivity contribution is 0.730. The topological polar surface area (TPSA) is 0 Å². The van der Waals surface area contributed by atoms with Crippen molar-refractivity contribution in [2.24, 2.45) is 0 Å². The maximum Gasteiger partial charge on any atom is -0.0351 e. The highest BCUT2D eigenvalue weighted by Gasteiger charge is 1.87. The van der Waals surface area contributed by atoms with Crippen molar-refractivity contribution >= 4 is 0 Å². The van der Waals surface area contributed by atoms with E-state index in [0.717, 1.165) is 0 Å². The smallest absolute Gasteiger partial charge is 0.0351 e. The maximum atomic E-state index is 2.27. The molecule has 1 aliphatic rings. The van der Waals surface area contributed by atoms with Crippen LogP contribution in [0, 0.1) is 13.8 Å². The number of hydrogen-bond donors (Lipinski definition) is 0. The molecule has 110 valence electrons. The molecule has 0 radical (unpaired) electrons. The average Bonchev–Trinajstić information content (AvgIpc) is 2.44. The van der Waals surface area contributed by atoms with Crippen LogP contribution in [-0.2, 0) is 0 Å². The normalized spacial score (nSPS) is 11.9. The fraction of sp³-hybridized carbons (Fsp3) is 0.579. The van der Waals surface area contributed by atoms with Crippen LogP contribution >= 0.6 is 0 Å². The summed E-state index contributed by atoms with van der Waals surface area (Å²) in [5.41, 5.74) is 2.68. The van der Waals surface area contributed by atoms with Crippen molar-refractivity contribution < 1.29 is 0 Å². The Kier molecular flexibility index (Phi) is 18.1. The minimum absolute atomic E-state index is 1.25. The second-order valence-electron chi connectivity index (χ2n) is 4.62. The first-order valence-corrected chi connectivity index (χ1v) is 7.89. The Morgan fingerprint density at radius 1 is 0.842 bits per heavy atom. The molecular weight excluding hydrogens is 228 g/mol. The van der Waals surface area contributed by atoms with Crippen molar-refractivity contribution in [3.63, 3.8) is 0 Å². The second kappa shape index (κ2) is 17.0. The van der Waals surface area contributed by atoms with E-state index in [0.29, 0.717) is 0 Å². The van der Waals surface area contributed by atoms with Gasteiger partial charge in [0.05, 0.1) is 0 Å². The van der Waals surface area contributed by atoms with E-state index in [2.05, 4.69) is 64.1 Å². The Bertz CT molecular complexity index is 271. The zero-order chi connectivity index (χ0) is 14.9. The standard InChI is InChI=1S/C8H10.C6H10.C3H8.C2H6/c1-7-4-3-5-8(2)6-7;1-2-4-6-5-3-1;1-3-2;1-2/h3-6H,1-2H3;1-2H,3-6H2;3H2,1-2H3;1-2H3. The fourth-order valence-corrected chi connectivity index (χ4v) is 1.57. The van der Waals surface area contributed by atoms with Gasteiger partial charge in [-0.1, -0.05) is 81.7 Å². The SMILES string of the molecule is C1=CCCCC1.CC.CCC.Cc1cccc(C)c1. The average molecular weight is 262 g/mol. The Morgan fingerprint density at radius 2 is 1.21 bits per heavy atom. The van der Waals surface area contributed by atoms with Gasteiger partial charge in [0.1, 0.15) is 0 Å². The van der Waals surface area contributed by atoms with Crippen LogP contribution in [0.1, 0.15) is 70.9 Å². The van der Waals surface area contributed by atoms with Crippen molar-refractivity contribution in [2.75, 3.05) is 0 Å². The monoisotopic (exact) mass is 262 g/mol. The number of benzene rings is 1. The van der Waals surface area contributed by atoms with Crippen LogP contribution in [0.5, 0.6) is 0 Å². The zero-order valence-corrected chi connectivity index (χ0v) is 14.0. The molecule has 0 heteroatoms. The molecule has 0 saturated heterocycles. The van der Waals surface area contributed by atoms with E-state index in [1.165, 1.54) is 43.2 Å². The van der Waals surface area contributed by atoms with Crippen molar-refractivity contribution in [3.8, 4) is 0 Å². The molecular formula is C19H34. The van der Waals surface area contributed by atoms with E-state index >= 15 is 0 Å². The molecule has 1 aromatic rings. The van der Waals surface area contributed by atoms with Gasteiger partial charge in [-0.2, -0.15) is 0 Å². The number of allylic oxidation sites excluding steroid dienone is 2. The number of aryl methyl sites for hydroxylation is 2. The van der Waals surface area contributed by atoms with E-state index < -0.39 is 0 Å². The first-order valence-electron chi connectivity index (χ1n) is 7.89. The molecule has 0 bridgehead atoms. The van der Waals surface area contributed by atoms with E-state index in [-0.39, 0.29) is 0 Å². The summed E-state index contributed by atoms with van der Waals surface area (Å²) in [7, 11) is 0. The van der Waals surface area contributed by atoms with Crippen LogP contribution in [-0.4, -0.2) is 0 Å². The Labute approximate surface area is 121 Å². The van der Waals surface area contributed by atoms with Crippen LogP contribution in [0.15, 0.2) is 36.4 Å². The summed E-state index contributed by atoms with van der Waals surface area (Å²) < 4.78 is 0. The quantitative estimate of drug-likeness (QED) is 0.448. The lowest BCUT2D eigenvalue weighted by atomic mass is 10.1. The molecule has 1 aromatic carbocycles. The second-order valence-corrected chi connectivity index (χ2v) is 4.62. The lowest BCUT2D eigenvalue weighted by Crippen LogP contribution is -1.77. The summed E-state index contributed by atoms with van der Waals surface area (Å²) in [6.45, 7) is 12.5. The third-order valence-electron chi connectivity index (χ3n) is 2.33. The van der Waals surface area contributed by atoms with E-state index in [9.17, 15) is 0 Å². The Hall–Kier alpha value is -1.04. The Morgan fingerprint density at radius 3 is 1.37 bits per heavy atom. The summed E-state index contributed by atoms with van der Waals surface area (Å²) >= 11 is 0. The molecule has 0 fully saturated rings. The van der Waals surface area contributed by atoms with Gasteiger partial charge in [0.25, 0.3) is 0 Å². The summed E-state index contributed by atoms with van der Waals surface area (Å²) in [6.07, 6.45) is 11.2. The van der Waals surface area contributed by atoms with Gasteiger partial charge in [-0.3, -0.25) is 0 Å². The molecule has 2 rings (SSSR count). The summed E-state index contributed by atoms with van der Waals surface area (Å²) in [5.74, 6) is 0. The number of rotatable bonds is 0. The molecule has 19 heavy (non-hydrogen) atoms. The third-order valence-corrected chi connectivity index (χ3v) is 2.33. The van der Waals surface area contributed by atoms with E-state index in [1.807, 2.05) is 13.8 Å². The third kappa shape index (κ3) is 17.0. The predicted octanol–water partition coefficient (Wildman–Crippen LogP) is 6.86. The van der Waals surface area contributed by atoms with Crippen LogP contribution in [0.4, 0.5) is 0 Å². The van der Waals surface area contributed by atoms with E-state index in [4.69, 9.17) is 0 Å². The van der Waals surface area contributed by atoms with Crippen molar-refractivity contribution in [1.29, 1.82) is 0 Å². The highest BCUT2D eigenvalue weighted by molar-refractivity contribution is 5.20. The molecule has 0 aromatic heterocycles.